The van der Waals surface area contributed by atoms with Gasteiger partial charge in [-0.3, -0.25) is 0 Å². The molecule has 0 saturated carbocycles. The normalized spacial score (nSPS) is 11.7. The monoisotopic (exact) mass is 685 g/mol. The van der Waals surface area contributed by atoms with E-state index >= 15 is 0 Å². The number of nitrogens with zero attached hydrogens (tertiary/aromatic N) is 3. The first-order valence-electron chi connectivity index (χ1n) is 18.3. The van der Waals surface area contributed by atoms with Crippen LogP contribution in [-0.2, 0) is 0 Å². The quantitative estimate of drug-likeness (QED) is 0.169. The van der Waals surface area contributed by atoms with Crippen molar-refractivity contribution in [2.45, 2.75) is 0 Å². The van der Waals surface area contributed by atoms with Gasteiger partial charge in [-0.15, -0.1) is 0 Å². The molecule has 0 unspecified atom stereocenters. The van der Waals surface area contributed by atoms with Crippen molar-refractivity contribution in [1.29, 1.82) is 5.26 Å². The molecule has 10 aromatic carbocycles. The molecule has 0 aliphatic heterocycles. The first kappa shape index (κ1) is 30.2. The molecule has 11 aromatic rings. The van der Waals surface area contributed by atoms with Crippen molar-refractivity contribution in [3.8, 4) is 22.9 Å². The highest BCUT2D eigenvalue weighted by Gasteiger charge is 2.20. The minimum atomic E-state index is 0.642. The fraction of sp³-hybridized carbons (Fsp3) is 0. The number of fused-ring (bicyclic) bond motifs is 5. The first-order valence-corrected chi connectivity index (χ1v) is 18.3. The second-order valence-electron chi connectivity index (χ2n) is 14.0. The second kappa shape index (κ2) is 11.8. The Morgan fingerprint density at radius 1 is 0.426 bits per heavy atom. The van der Waals surface area contributed by atoms with Crippen LogP contribution in [0, 0.1) is 11.3 Å². The maximum atomic E-state index is 9.52. The minimum absolute atomic E-state index is 0.642. The lowest BCUT2D eigenvalue weighted by molar-refractivity contribution is 1.18. The number of aromatic nitrogens is 1. The summed E-state index contributed by atoms with van der Waals surface area (Å²) in [4.78, 5) is 2.29. The van der Waals surface area contributed by atoms with E-state index in [1.165, 1.54) is 81.7 Å². The van der Waals surface area contributed by atoms with Crippen LogP contribution < -0.4 is 4.90 Å². The zero-order valence-electron chi connectivity index (χ0n) is 29.2. The van der Waals surface area contributed by atoms with E-state index in [2.05, 4.69) is 179 Å². The molecule has 3 nitrogen and oxygen atoms in total. The fourth-order valence-electron chi connectivity index (χ4n) is 8.74. The smallest absolute Gasteiger partial charge is 0.0991 e. The van der Waals surface area contributed by atoms with Crippen LogP contribution in [0.4, 0.5) is 17.1 Å². The standard InChI is InChI=1S/C51H31N3/c52-32-33-17-24-39(25-18-33)53(46-16-8-10-34-9-4-5-13-42(34)46)40-26-19-35(20-27-40)41-28-21-36-22-30-45-50-37(23-29-43(41)49(36)50)31-48-51(45)44-14-6-7-15-47(44)54(48)38-11-2-1-3-12-38/h1-31H. The second-order valence-corrected chi connectivity index (χ2v) is 14.0. The molecule has 54 heavy (non-hydrogen) atoms. The molecule has 0 N–H and O–H groups in total. The molecule has 250 valence electrons. The van der Waals surface area contributed by atoms with Crippen LogP contribution in [0.1, 0.15) is 5.56 Å². The van der Waals surface area contributed by atoms with E-state index in [0.29, 0.717) is 5.56 Å². The number of benzene rings is 10. The molecular weight excluding hydrogens is 655 g/mol. The number of nitriles is 1. The molecule has 0 spiro atoms. The third-order valence-corrected chi connectivity index (χ3v) is 11.1. The van der Waals surface area contributed by atoms with Gasteiger partial charge >= 0.3 is 0 Å². The third-order valence-electron chi connectivity index (χ3n) is 11.1. The van der Waals surface area contributed by atoms with Gasteiger partial charge in [-0.1, -0.05) is 121 Å². The molecule has 1 aromatic heterocycles. The zero-order chi connectivity index (χ0) is 35.8. The van der Waals surface area contributed by atoms with Gasteiger partial charge < -0.3 is 9.47 Å². The molecule has 0 fully saturated rings. The summed E-state index contributed by atoms with van der Waals surface area (Å²) < 4.78 is 2.41. The van der Waals surface area contributed by atoms with Crippen LogP contribution in [0.25, 0.3) is 81.7 Å². The van der Waals surface area contributed by atoms with Crippen LogP contribution >= 0.6 is 0 Å². The zero-order valence-corrected chi connectivity index (χ0v) is 29.2. The molecule has 0 aliphatic carbocycles. The van der Waals surface area contributed by atoms with Gasteiger partial charge in [-0.2, -0.15) is 5.26 Å². The van der Waals surface area contributed by atoms with Crippen LogP contribution in [-0.4, -0.2) is 4.57 Å². The summed E-state index contributed by atoms with van der Waals surface area (Å²) in [7, 11) is 0. The topological polar surface area (TPSA) is 32.0 Å². The molecule has 0 bridgehead atoms. The van der Waals surface area contributed by atoms with Crippen molar-refractivity contribution in [3.05, 3.63) is 194 Å². The predicted molar refractivity (Wildman–Crippen MR) is 227 cm³/mol. The Balaban J connectivity index is 1.09. The van der Waals surface area contributed by atoms with Gasteiger partial charge in [0.25, 0.3) is 0 Å². The summed E-state index contributed by atoms with van der Waals surface area (Å²) in [6.45, 7) is 0. The summed E-state index contributed by atoms with van der Waals surface area (Å²) in [6, 6.07) is 69.6. The molecular formula is C51H31N3. The van der Waals surface area contributed by atoms with Gasteiger partial charge in [0, 0.05) is 33.2 Å². The van der Waals surface area contributed by atoms with E-state index in [1.54, 1.807) is 0 Å². The van der Waals surface area contributed by atoms with E-state index < -0.39 is 0 Å². The summed E-state index contributed by atoms with van der Waals surface area (Å²) in [5.74, 6) is 0. The fourth-order valence-corrected chi connectivity index (χ4v) is 8.74. The molecule has 0 aliphatic rings. The summed E-state index contributed by atoms with van der Waals surface area (Å²) in [5, 5.41) is 22.1. The lowest BCUT2D eigenvalue weighted by atomic mass is 9.88. The van der Waals surface area contributed by atoms with Crippen molar-refractivity contribution in [2.24, 2.45) is 0 Å². The predicted octanol–water partition coefficient (Wildman–Crippen LogP) is 13.8. The van der Waals surface area contributed by atoms with Crippen LogP contribution in [0.3, 0.4) is 0 Å². The highest BCUT2D eigenvalue weighted by molar-refractivity contribution is 6.34. The Labute approximate surface area is 312 Å². The van der Waals surface area contributed by atoms with E-state index in [9.17, 15) is 5.26 Å². The molecule has 0 saturated heterocycles. The van der Waals surface area contributed by atoms with Crippen molar-refractivity contribution in [2.75, 3.05) is 4.90 Å². The average Bonchev–Trinajstić information content (AvgIpc) is 3.57. The molecule has 0 amide bonds. The van der Waals surface area contributed by atoms with E-state index in [1.807, 2.05) is 24.3 Å². The van der Waals surface area contributed by atoms with Gasteiger partial charge in [0.15, 0.2) is 0 Å². The lowest BCUT2D eigenvalue weighted by Crippen LogP contribution is -2.10. The first-order chi connectivity index (χ1) is 26.7. The highest BCUT2D eigenvalue weighted by atomic mass is 15.1. The summed E-state index contributed by atoms with van der Waals surface area (Å²) in [5.41, 5.74) is 9.77. The van der Waals surface area contributed by atoms with Gasteiger partial charge in [-0.25, -0.2) is 0 Å². The molecule has 0 atom stereocenters. The Morgan fingerprint density at radius 2 is 1.07 bits per heavy atom. The van der Waals surface area contributed by atoms with Crippen molar-refractivity contribution in [1.82, 2.24) is 4.57 Å². The number of para-hydroxylation sites is 2. The summed E-state index contributed by atoms with van der Waals surface area (Å²) >= 11 is 0. The molecule has 1 heterocycles. The van der Waals surface area contributed by atoms with E-state index in [-0.39, 0.29) is 0 Å². The molecule has 3 heteroatoms. The highest BCUT2D eigenvalue weighted by Crippen LogP contribution is 2.46. The number of hydrogen-bond donors (Lipinski definition) is 0. The maximum absolute atomic E-state index is 9.52. The van der Waals surface area contributed by atoms with Gasteiger partial charge in [0.05, 0.1) is 28.4 Å². The summed E-state index contributed by atoms with van der Waals surface area (Å²) in [6.07, 6.45) is 0. The average molecular weight is 686 g/mol. The Hall–Kier alpha value is -7.41. The van der Waals surface area contributed by atoms with Gasteiger partial charge in [-0.05, 0) is 116 Å². The number of anilines is 3. The van der Waals surface area contributed by atoms with Crippen LogP contribution in [0.15, 0.2) is 188 Å². The van der Waals surface area contributed by atoms with Crippen LogP contribution in [0.2, 0.25) is 0 Å². The van der Waals surface area contributed by atoms with Gasteiger partial charge in [0.1, 0.15) is 0 Å². The van der Waals surface area contributed by atoms with Crippen molar-refractivity contribution >= 4 is 82.0 Å². The third kappa shape index (κ3) is 4.48. The molecule has 0 radical (unpaired) electrons. The Morgan fingerprint density at radius 3 is 1.89 bits per heavy atom. The molecule has 11 rings (SSSR count). The minimum Gasteiger partial charge on any atom is -0.310 e. The lowest BCUT2D eigenvalue weighted by Gasteiger charge is -2.27. The maximum Gasteiger partial charge on any atom is 0.0991 e. The van der Waals surface area contributed by atoms with E-state index in [4.69, 9.17) is 0 Å². The number of rotatable bonds is 5. The largest absolute Gasteiger partial charge is 0.310 e. The Bertz CT molecular complexity index is 3250. The SMILES string of the molecule is N#Cc1ccc(N(c2ccc(-c3ccc4ccc5c6c(ccc3c46)cc3c5c4ccccc4n3-c3ccccc3)cc2)c2cccc3ccccc23)cc1. The van der Waals surface area contributed by atoms with E-state index in [0.717, 1.165) is 17.1 Å². The van der Waals surface area contributed by atoms with Crippen molar-refractivity contribution in [3.63, 3.8) is 0 Å². The van der Waals surface area contributed by atoms with Crippen LogP contribution in [0.5, 0.6) is 0 Å². The van der Waals surface area contributed by atoms with Crippen molar-refractivity contribution < 1.29 is 0 Å². The van der Waals surface area contributed by atoms with Gasteiger partial charge in [0.2, 0.25) is 0 Å². The number of hydrogen-bond acceptors (Lipinski definition) is 2. The Kier molecular flexibility index (Phi) is 6.62.